The van der Waals surface area contributed by atoms with E-state index in [9.17, 15) is 26.3 Å². The summed E-state index contributed by atoms with van der Waals surface area (Å²) in [4.78, 5) is 9.05. The van der Waals surface area contributed by atoms with Crippen LogP contribution in [0.15, 0.2) is 131 Å². The van der Waals surface area contributed by atoms with E-state index < -0.39 is 11.0 Å². The van der Waals surface area contributed by atoms with Gasteiger partial charge in [-0.15, -0.1) is 0 Å². The number of rotatable bonds is 4. The monoisotopic (exact) mass is 610 g/mol. The Kier molecular flexibility index (Phi) is 8.74. The highest BCUT2D eigenvalue weighted by Gasteiger charge is 2.32. The van der Waals surface area contributed by atoms with Gasteiger partial charge in [0.05, 0.1) is 22.4 Å². The Morgan fingerprint density at radius 3 is 1.12 bits per heavy atom. The Bertz CT molecular complexity index is 1670. The Hall–Kier alpha value is -4.02. The molecule has 6 aromatic rings. The molecule has 0 spiro atoms. The first-order valence-corrected chi connectivity index (χ1v) is 14.1. The molecule has 0 aliphatic carbocycles. The van der Waals surface area contributed by atoms with Crippen LogP contribution in [0.3, 0.4) is 0 Å². The Balaban J connectivity index is 0.000000168. The maximum Gasteiger partial charge on any atom is 0.446 e. The fraction of sp³-hybridized carbons (Fsp3) is 0.0625. The third kappa shape index (κ3) is 7.63. The van der Waals surface area contributed by atoms with Crippen LogP contribution in [0.2, 0.25) is 0 Å². The lowest BCUT2D eigenvalue weighted by Crippen LogP contribution is -2.01. The molecule has 0 aliphatic rings. The summed E-state index contributed by atoms with van der Waals surface area (Å²) in [6, 6.07) is 35.2. The number of thioether (sulfide) groups is 2. The summed E-state index contributed by atoms with van der Waals surface area (Å²) in [5, 5.41) is 1.40. The van der Waals surface area contributed by atoms with E-state index in [1.54, 1.807) is 97.1 Å². The molecule has 6 rings (SSSR count). The Morgan fingerprint density at radius 1 is 0.429 bits per heavy atom. The summed E-state index contributed by atoms with van der Waals surface area (Å²) < 4.78 is 76.6. The lowest BCUT2D eigenvalue weighted by molar-refractivity contribution is -0.0336. The molecule has 0 saturated heterocycles. The molecule has 0 aliphatic heterocycles. The van der Waals surface area contributed by atoms with Gasteiger partial charge in [0.1, 0.15) is 0 Å². The van der Waals surface area contributed by atoms with Gasteiger partial charge in [0.25, 0.3) is 0 Å². The predicted molar refractivity (Wildman–Crippen MR) is 158 cm³/mol. The van der Waals surface area contributed by atoms with Crippen LogP contribution in [0.4, 0.5) is 26.3 Å². The minimum absolute atomic E-state index is 0.118. The van der Waals surface area contributed by atoms with E-state index in [1.165, 1.54) is 0 Å². The van der Waals surface area contributed by atoms with Crippen molar-refractivity contribution in [1.82, 2.24) is 9.97 Å². The van der Waals surface area contributed by atoms with Gasteiger partial charge in [-0.25, -0.2) is 9.97 Å². The number of fused-ring (bicyclic) bond motifs is 2. The third-order valence-corrected chi connectivity index (χ3v) is 7.45. The fourth-order valence-electron chi connectivity index (χ4n) is 4.20. The third-order valence-electron chi connectivity index (χ3n) is 5.92. The van der Waals surface area contributed by atoms with Gasteiger partial charge < -0.3 is 0 Å². The molecule has 2 heterocycles. The molecule has 10 heteroatoms. The van der Waals surface area contributed by atoms with E-state index in [2.05, 4.69) is 9.97 Å². The average Bonchev–Trinajstić information content (AvgIpc) is 2.96. The molecule has 42 heavy (non-hydrogen) atoms. The van der Waals surface area contributed by atoms with Crippen molar-refractivity contribution in [3.8, 4) is 22.5 Å². The van der Waals surface area contributed by atoms with Crippen molar-refractivity contribution < 1.29 is 26.3 Å². The first-order chi connectivity index (χ1) is 20.1. The van der Waals surface area contributed by atoms with Gasteiger partial charge in [-0.2, -0.15) is 26.3 Å². The van der Waals surface area contributed by atoms with E-state index in [0.717, 1.165) is 0 Å². The number of para-hydroxylation sites is 2. The minimum Gasteiger partial charge on any atom is -0.247 e. The quantitative estimate of drug-likeness (QED) is 0.147. The highest BCUT2D eigenvalue weighted by molar-refractivity contribution is 8.00. The van der Waals surface area contributed by atoms with Crippen LogP contribution in [-0.2, 0) is 0 Å². The number of hydrogen-bond acceptors (Lipinski definition) is 4. The lowest BCUT2D eigenvalue weighted by Gasteiger charge is -2.12. The smallest absolute Gasteiger partial charge is 0.247 e. The van der Waals surface area contributed by atoms with Crippen molar-refractivity contribution >= 4 is 45.3 Å². The van der Waals surface area contributed by atoms with Crippen molar-refractivity contribution in [2.24, 2.45) is 0 Å². The molecular formula is C32H20F6N2S2. The van der Waals surface area contributed by atoms with Gasteiger partial charge in [0, 0.05) is 31.7 Å². The summed E-state index contributed by atoms with van der Waals surface area (Å²) in [6.45, 7) is 0. The summed E-state index contributed by atoms with van der Waals surface area (Å²) in [5.41, 5.74) is -5.24. The number of alkyl halides is 6. The first-order valence-electron chi connectivity index (χ1n) is 12.5. The molecule has 0 atom stereocenters. The zero-order chi connectivity index (χ0) is 29.7. The van der Waals surface area contributed by atoms with Crippen molar-refractivity contribution in [1.29, 1.82) is 0 Å². The predicted octanol–water partition coefficient (Wildman–Crippen LogP) is 11.0. The van der Waals surface area contributed by atoms with Crippen molar-refractivity contribution in [2.75, 3.05) is 0 Å². The van der Waals surface area contributed by atoms with Gasteiger partial charge in [0.2, 0.25) is 0 Å². The van der Waals surface area contributed by atoms with Crippen LogP contribution < -0.4 is 0 Å². The molecule has 0 radical (unpaired) electrons. The van der Waals surface area contributed by atoms with E-state index in [1.807, 2.05) is 24.3 Å². The van der Waals surface area contributed by atoms with Crippen LogP contribution in [0, 0.1) is 0 Å². The average molecular weight is 611 g/mol. The highest BCUT2D eigenvalue weighted by Crippen LogP contribution is 2.43. The first kappa shape index (κ1) is 29.5. The van der Waals surface area contributed by atoms with Gasteiger partial charge in [0.15, 0.2) is 0 Å². The second-order valence-electron chi connectivity index (χ2n) is 8.88. The number of halogens is 6. The number of aromatic nitrogens is 2. The maximum atomic E-state index is 12.8. The van der Waals surface area contributed by atoms with Crippen LogP contribution >= 0.6 is 23.5 Å². The molecule has 4 aromatic carbocycles. The zero-order valence-electron chi connectivity index (χ0n) is 21.5. The number of hydrogen-bond donors (Lipinski definition) is 0. The van der Waals surface area contributed by atoms with Crippen molar-refractivity contribution in [3.05, 3.63) is 121 Å². The molecule has 0 fully saturated rings. The molecule has 0 unspecified atom stereocenters. The lowest BCUT2D eigenvalue weighted by atomic mass is 10.1. The largest absolute Gasteiger partial charge is 0.446 e. The number of nitrogens with zero attached hydrogens (tertiary/aromatic N) is 2. The van der Waals surface area contributed by atoms with E-state index in [4.69, 9.17) is 0 Å². The summed E-state index contributed by atoms with van der Waals surface area (Å²) in [7, 11) is 0. The molecule has 0 saturated carbocycles. The van der Waals surface area contributed by atoms with Crippen LogP contribution in [0.25, 0.3) is 44.3 Å². The number of pyridine rings is 2. The molecule has 0 N–H and O–H groups in total. The number of benzene rings is 4. The van der Waals surface area contributed by atoms with Gasteiger partial charge in [-0.3, -0.25) is 0 Å². The van der Waals surface area contributed by atoms with Crippen molar-refractivity contribution in [2.45, 2.75) is 20.8 Å². The topological polar surface area (TPSA) is 25.8 Å². The molecule has 212 valence electrons. The second-order valence-corrected chi connectivity index (χ2v) is 11.1. The van der Waals surface area contributed by atoms with E-state index in [0.29, 0.717) is 44.3 Å². The Labute approximate surface area is 245 Å². The SMILES string of the molecule is FC(F)(F)Sc1cc2ccccc2nc1-c1ccccc1.FC(F)(F)Sc1cc2ccccc2nc1-c1ccccc1. The molecule has 0 bridgehead atoms. The highest BCUT2D eigenvalue weighted by atomic mass is 32.2. The fourth-order valence-corrected chi connectivity index (χ4v) is 5.59. The van der Waals surface area contributed by atoms with Gasteiger partial charge >= 0.3 is 11.0 Å². The van der Waals surface area contributed by atoms with E-state index >= 15 is 0 Å². The molecule has 2 aromatic heterocycles. The molecular weight excluding hydrogens is 590 g/mol. The van der Waals surface area contributed by atoms with E-state index in [-0.39, 0.29) is 33.3 Å². The van der Waals surface area contributed by atoms with Crippen LogP contribution in [-0.4, -0.2) is 21.0 Å². The normalized spacial score (nSPS) is 11.8. The standard InChI is InChI=1S/2C16H10F3NS/c2*17-16(18,19)21-14-10-12-8-4-5-9-13(12)20-15(14)11-6-2-1-3-7-11/h2*1-10H. The Morgan fingerprint density at radius 2 is 0.762 bits per heavy atom. The summed E-state index contributed by atoms with van der Waals surface area (Å²) >= 11 is -0.251. The van der Waals surface area contributed by atoms with Gasteiger partial charge in [-0.1, -0.05) is 97.1 Å². The van der Waals surface area contributed by atoms with Crippen LogP contribution in [0.1, 0.15) is 0 Å². The van der Waals surface area contributed by atoms with Crippen molar-refractivity contribution in [3.63, 3.8) is 0 Å². The maximum absolute atomic E-state index is 12.8. The summed E-state index contributed by atoms with van der Waals surface area (Å²) in [6.07, 6.45) is 0. The minimum atomic E-state index is -4.34. The molecule has 0 amide bonds. The second kappa shape index (κ2) is 12.5. The summed E-state index contributed by atoms with van der Waals surface area (Å²) in [5.74, 6) is 0. The zero-order valence-corrected chi connectivity index (χ0v) is 23.2. The molecule has 2 nitrogen and oxygen atoms in total. The van der Waals surface area contributed by atoms with Gasteiger partial charge in [-0.05, 0) is 47.8 Å². The van der Waals surface area contributed by atoms with Crippen LogP contribution in [0.5, 0.6) is 0 Å².